The molecule has 36 heavy (non-hydrogen) atoms. The minimum Gasteiger partial charge on any atom is -0.398 e. The molecule has 0 saturated carbocycles. The number of rotatable bonds is 12. The van der Waals surface area contributed by atoms with Gasteiger partial charge in [-0.15, -0.1) is 0 Å². The smallest absolute Gasteiger partial charge is 0.334 e. The van der Waals surface area contributed by atoms with Gasteiger partial charge in [-0.3, -0.25) is 0 Å². The van der Waals surface area contributed by atoms with Crippen LogP contribution in [0, 0.1) is 16.2 Å². The third kappa shape index (κ3) is 39.8. The van der Waals surface area contributed by atoms with E-state index in [-0.39, 0.29) is 0 Å². The Labute approximate surface area is 221 Å². The number of hydrogen-bond acceptors (Lipinski definition) is 12. The molecule has 0 amide bonds. The standard InChI is InChI=1S/3C6H16O2Si.3CHNO/c3*1-5-6-9(4,7-2)8-3;3*2-1-3/h3*5-6H2,1-4H3;3*2H. The Bertz CT molecular complexity index is 468. The van der Waals surface area contributed by atoms with Gasteiger partial charge in [0, 0.05) is 42.7 Å². The SMILES string of the molecule is CCC[Si](C)(OC)OC.CCC[Si](C)(OC)OC.CCC[Si](C)(OC)OC.N=C=O.N=C=O.N=C=O. The summed E-state index contributed by atoms with van der Waals surface area (Å²) in [5, 5.41) is 16.2. The van der Waals surface area contributed by atoms with Gasteiger partial charge < -0.3 is 26.6 Å². The highest BCUT2D eigenvalue weighted by atomic mass is 28.4. The van der Waals surface area contributed by atoms with E-state index in [0.717, 1.165) is 55.6 Å². The molecule has 3 N–H and O–H groups in total. The van der Waals surface area contributed by atoms with Crippen LogP contribution in [-0.4, -0.2) is 86.6 Å². The highest BCUT2D eigenvalue weighted by Crippen LogP contribution is 2.13. The second kappa shape index (κ2) is 35.7. The zero-order valence-corrected chi connectivity index (χ0v) is 27.4. The van der Waals surface area contributed by atoms with Gasteiger partial charge in [-0.05, 0) is 37.8 Å². The van der Waals surface area contributed by atoms with E-state index in [4.69, 9.17) is 57.2 Å². The molecule has 0 aliphatic heterocycles. The second-order valence-corrected chi connectivity index (χ2v) is 17.9. The molecule has 0 saturated heterocycles. The number of hydrogen-bond donors (Lipinski definition) is 3. The van der Waals surface area contributed by atoms with Crippen LogP contribution < -0.4 is 0 Å². The summed E-state index contributed by atoms with van der Waals surface area (Å²) in [6.07, 6.45) is 5.68. The molecule has 12 nitrogen and oxygen atoms in total. The molecule has 0 aliphatic rings. The molecule has 0 aliphatic carbocycles. The molecule has 216 valence electrons. The van der Waals surface area contributed by atoms with E-state index in [1.165, 1.54) is 0 Å². The monoisotopic (exact) mass is 573 g/mol. The van der Waals surface area contributed by atoms with Gasteiger partial charge >= 0.3 is 25.7 Å². The summed E-state index contributed by atoms with van der Waals surface area (Å²) in [5.41, 5.74) is 0. The predicted octanol–water partition coefficient (Wildman–Crippen LogP) is 4.99. The Hall–Kier alpha value is -1.45. The molecule has 0 spiro atoms. The molecule has 0 bridgehead atoms. The van der Waals surface area contributed by atoms with Crippen LogP contribution in [0.2, 0.25) is 37.8 Å². The molecule has 15 heteroatoms. The van der Waals surface area contributed by atoms with Crippen LogP contribution in [0.3, 0.4) is 0 Å². The van der Waals surface area contributed by atoms with E-state index in [9.17, 15) is 0 Å². The minimum absolute atomic E-state index is 0.750. The summed E-state index contributed by atoms with van der Waals surface area (Å²) >= 11 is 0. The van der Waals surface area contributed by atoms with E-state index in [1.54, 1.807) is 42.7 Å². The lowest BCUT2D eigenvalue weighted by Crippen LogP contribution is -2.35. The predicted molar refractivity (Wildman–Crippen MR) is 147 cm³/mol. The normalized spacial score (nSPS) is 9.67. The lowest BCUT2D eigenvalue weighted by atomic mass is 10.6. The van der Waals surface area contributed by atoms with Gasteiger partial charge in [0.2, 0.25) is 18.2 Å². The van der Waals surface area contributed by atoms with Crippen molar-refractivity contribution in [3.63, 3.8) is 0 Å². The van der Waals surface area contributed by atoms with Gasteiger partial charge in [-0.1, -0.05) is 40.0 Å². The number of carbonyl (C=O) groups excluding carboxylic acids is 3. The van der Waals surface area contributed by atoms with Gasteiger partial charge in [-0.2, -0.15) is 0 Å². The summed E-state index contributed by atoms with van der Waals surface area (Å²) in [7, 11) is 5.27. The fourth-order valence-electron chi connectivity index (χ4n) is 2.22. The van der Waals surface area contributed by atoms with E-state index in [2.05, 4.69) is 40.4 Å². The molecule has 0 aromatic rings. The Morgan fingerprint density at radius 1 is 0.472 bits per heavy atom. The van der Waals surface area contributed by atoms with Crippen molar-refractivity contribution in [2.24, 2.45) is 0 Å². The summed E-state index contributed by atoms with van der Waals surface area (Å²) in [6, 6.07) is 3.25. The first-order valence-corrected chi connectivity index (χ1v) is 18.8. The van der Waals surface area contributed by atoms with E-state index >= 15 is 0 Å². The molecule has 0 radical (unpaired) electrons. The second-order valence-electron chi connectivity index (χ2n) is 7.18. The van der Waals surface area contributed by atoms with Crippen molar-refractivity contribution < 1.29 is 40.9 Å². The van der Waals surface area contributed by atoms with E-state index in [0.29, 0.717) is 0 Å². The van der Waals surface area contributed by atoms with Gasteiger partial charge in [-0.25, -0.2) is 30.6 Å². The maximum Gasteiger partial charge on any atom is 0.334 e. The highest BCUT2D eigenvalue weighted by Gasteiger charge is 2.27. The molecule has 0 atom stereocenters. The molecule has 0 fully saturated rings. The van der Waals surface area contributed by atoms with Crippen molar-refractivity contribution in [3.05, 3.63) is 0 Å². The van der Waals surface area contributed by atoms with Crippen molar-refractivity contribution in [1.29, 1.82) is 16.2 Å². The first kappa shape index (κ1) is 47.7. The van der Waals surface area contributed by atoms with Crippen LogP contribution in [0.25, 0.3) is 0 Å². The molecular formula is C21H51N3O9Si3. The minimum atomic E-state index is -1.70. The average Bonchev–Trinajstić information content (AvgIpc) is 2.86. The fraction of sp³-hybridized carbons (Fsp3) is 0.857. The Morgan fingerprint density at radius 2 is 0.583 bits per heavy atom. The third-order valence-corrected chi connectivity index (χ3v) is 14.1. The summed E-state index contributed by atoms with van der Waals surface area (Å²) in [6.45, 7) is 12.7. The first-order chi connectivity index (χ1) is 16.8. The lowest BCUT2D eigenvalue weighted by Gasteiger charge is -2.21. The van der Waals surface area contributed by atoms with E-state index in [1.807, 2.05) is 0 Å². The molecule has 0 rings (SSSR count). The highest BCUT2D eigenvalue weighted by molar-refractivity contribution is 6.66. The zero-order chi connectivity index (χ0) is 30.1. The zero-order valence-electron chi connectivity index (χ0n) is 24.4. The third-order valence-electron chi connectivity index (χ3n) is 4.70. The van der Waals surface area contributed by atoms with Crippen LogP contribution in [-0.2, 0) is 40.9 Å². The van der Waals surface area contributed by atoms with Crippen molar-refractivity contribution in [2.45, 2.75) is 77.8 Å². The average molecular weight is 574 g/mol. The molecule has 0 aromatic heterocycles. The van der Waals surface area contributed by atoms with Crippen LogP contribution in [0.1, 0.15) is 40.0 Å². The quantitative estimate of drug-likeness (QED) is 0.165. The van der Waals surface area contributed by atoms with Crippen molar-refractivity contribution in [3.8, 4) is 0 Å². The maximum atomic E-state index is 8.35. The Kier molecular flexibility index (Phi) is 47.3. The Balaban J connectivity index is -0.0000000803. The van der Waals surface area contributed by atoms with Gasteiger partial charge in [0.25, 0.3) is 0 Å². The maximum absolute atomic E-state index is 8.35. The van der Waals surface area contributed by atoms with Gasteiger partial charge in [0.1, 0.15) is 0 Å². The summed E-state index contributed by atoms with van der Waals surface area (Å²) in [5.74, 6) is 0. The van der Waals surface area contributed by atoms with Crippen molar-refractivity contribution in [1.82, 2.24) is 0 Å². The van der Waals surface area contributed by atoms with Crippen molar-refractivity contribution >= 4 is 43.9 Å². The molecule has 0 heterocycles. The Morgan fingerprint density at radius 3 is 0.611 bits per heavy atom. The van der Waals surface area contributed by atoms with Gasteiger partial charge in [0.15, 0.2) is 0 Å². The molecule has 0 unspecified atom stereocenters. The van der Waals surface area contributed by atoms with Gasteiger partial charge in [0.05, 0.1) is 0 Å². The fourth-order valence-corrected chi connectivity index (χ4v) is 6.67. The van der Waals surface area contributed by atoms with E-state index < -0.39 is 25.7 Å². The molecule has 0 aromatic carbocycles. The van der Waals surface area contributed by atoms with Crippen LogP contribution >= 0.6 is 0 Å². The number of isocyanates is 3. The lowest BCUT2D eigenvalue weighted by molar-refractivity contribution is 0.248. The number of nitrogens with one attached hydrogen (secondary N) is 3. The van der Waals surface area contributed by atoms with Crippen LogP contribution in [0.15, 0.2) is 0 Å². The van der Waals surface area contributed by atoms with Crippen molar-refractivity contribution in [2.75, 3.05) is 42.7 Å². The van der Waals surface area contributed by atoms with Crippen LogP contribution in [0.5, 0.6) is 0 Å². The largest absolute Gasteiger partial charge is 0.398 e. The van der Waals surface area contributed by atoms with Crippen LogP contribution in [0.4, 0.5) is 0 Å². The molecular weight excluding hydrogens is 523 g/mol. The summed E-state index contributed by atoms with van der Waals surface area (Å²) in [4.78, 5) is 25.0. The first-order valence-electron chi connectivity index (χ1n) is 11.2. The topological polar surface area (TPSA) is 178 Å². The summed E-state index contributed by atoms with van der Waals surface area (Å²) < 4.78 is 31.5.